The van der Waals surface area contributed by atoms with Crippen LogP contribution in [0.3, 0.4) is 0 Å². The van der Waals surface area contributed by atoms with E-state index in [9.17, 15) is 10.1 Å². The molecule has 1 unspecified atom stereocenters. The van der Waals surface area contributed by atoms with Gasteiger partial charge in [0.25, 0.3) is 0 Å². The number of aryl methyl sites for hydroxylation is 2. The lowest BCUT2D eigenvalue weighted by Gasteiger charge is -2.23. The molecule has 0 saturated heterocycles. The van der Waals surface area contributed by atoms with Gasteiger partial charge in [0.2, 0.25) is 5.88 Å². The van der Waals surface area contributed by atoms with Gasteiger partial charge in [0.15, 0.2) is 0 Å². The third kappa shape index (κ3) is 6.52. The van der Waals surface area contributed by atoms with E-state index in [-0.39, 0.29) is 23.7 Å². The van der Waals surface area contributed by atoms with Crippen molar-refractivity contribution in [3.05, 3.63) is 70.0 Å². The highest BCUT2D eigenvalue weighted by Crippen LogP contribution is 2.32. The average Bonchev–Trinajstić information content (AvgIpc) is 3.25. The molecule has 2 aromatic heterocycles. The molecule has 1 N–H and O–H groups in total. The van der Waals surface area contributed by atoms with Crippen LogP contribution in [0.1, 0.15) is 73.2 Å². The Morgan fingerprint density at radius 2 is 2.03 bits per heavy atom. The van der Waals surface area contributed by atoms with Crippen LogP contribution < -0.4 is 10.1 Å². The van der Waals surface area contributed by atoms with Crippen molar-refractivity contribution in [2.24, 2.45) is 7.05 Å². The molecule has 3 heterocycles. The standard InChI is InChI=1S/C30H37N5O3/c1-30(2,3)23-10-8-21(19-31)26(17-23)22(16-28(36)37-5)15-25-18-27(35(4)34-25)38-14-12-24-11-9-20-7-6-13-32-29(20)33-24/h8-11,17-18,22H,6-7,12-16H2,1-5H3,(H,32,33). The van der Waals surface area contributed by atoms with E-state index in [4.69, 9.17) is 14.5 Å². The number of fused-ring (bicyclic) bond motifs is 1. The summed E-state index contributed by atoms with van der Waals surface area (Å²) in [7, 11) is 3.23. The first-order chi connectivity index (χ1) is 18.2. The van der Waals surface area contributed by atoms with Gasteiger partial charge in [-0.05, 0) is 53.5 Å². The topological polar surface area (TPSA) is 102 Å². The molecule has 1 aromatic carbocycles. The Bertz CT molecular complexity index is 1330. The largest absolute Gasteiger partial charge is 0.477 e. The predicted octanol–water partition coefficient (Wildman–Crippen LogP) is 4.85. The van der Waals surface area contributed by atoms with Crippen LogP contribution >= 0.6 is 0 Å². The highest BCUT2D eigenvalue weighted by atomic mass is 16.5. The number of carbonyl (C=O) groups excluding carboxylic acids is 1. The molecule has 0 saturated carbocycles. The normalized spacial score (nSPS) is 13.7. The molecule has 1 atom stereocenters. The lowest BCUT2D eigenvalue weighted by molar-refractivity contribution is -0.141. The maximum Gasteiger partial charge on any atom is 0.306 e. The lowest BCUT2D eigenvalue weighted by Crippen LogP contribution is -2.16. The van der Waals surface area contributed by atoms with Crippen LogP contribution in [0.2, 0.25) is 0 Å². The van der Waals surface area contributed by atoms with Gasteiger partial charge >= 0.3 is 5.97 Å². The van der Waals surface area contributed by atoms with Crippen LogP contribution in [0.25, 0.3) is 0 Å². The summed E-state index contributed by atoms with van der Waals surface area (Å²) in [4.78, 5) is 17.1. The van der Waals surface area contributed by atoms with Crippen molar-refractivity contribution in [2.45, 2.75) is 64.2 Å². The molecule has 0 amide bonds. The molecular weight excluding hydrogens is 478 g/mol. The smallest absolute Gasteiger partial charge is 0.306 e. The summed E-state index contributed by atoms with van der Waals surface area (Å²) in [6.45, 7) is 7.83. The molecule has 3 aromatic rings. The van der Waals surface area contributed by atoms with E-state index in [1.54, 1.807) is 4.68 Å². The van der Waals surface area contributed by atoms with Crippen LogP contribution in [0.4, 0.5) is 5.82 Å². The number of benzene rings is 1. The Balaban J connectivity index is 1.49. The van der Waals surface area contributed by atoms with Gasteiger partial charge in [-0.3, -0.25) is 4.79 Å². The van der Waals surface area contributed by atoms with E-state index in [0.717, 1.165) is 47.7 Å². The number of aromatic nitrogens is 3. The molecular formula is C30H37N5O3. The quantitative estimate of drug-likeness (QED) is 0.406. The highest BCUT2D eigenvalue weighted by molar-refractivity contribution is 5.70. The molecule has 38 heavy (non-hydrogen) atoms. The number of ether oxygens (including phenoxy) is 2. The second-order valence-electron chi connectivity index (χ2n) is 10.9. The van der Waals surface area contributed by atoms with Gasteiger partial charge in [0.05, 0.1) is 37.5 Å². The fourth-order valence-electron chi connectivity index (χ4n) is 4.81. The third-order valence-corrected chi connectivity index (χ3v) is 7.02. The first-order valence-corrected chi connectivity index (χ1v) is 13.2. The second kappa shape index (κ2) is 11.7. The number of carbonyl (C=O) groups is 1. The van der Waals surface area contributed by atoms with Crippen LogP contribution in [0.15, 0.2) is 36.4 Å². The number of anilines is 1. The zero-order chi connectivity index (χ0) is 27.3. The van der Waals surface area contributed by atoms with Gasteiger partial charge in [-0.1, -0.05) is 39.0 Å². The summed E-state index contributed by atoms with van der Waals surface area (Å²) in [5, 5.41) is 17.8. The average molecular weight is 516 g/mol. The molecule has 8 nitrogen and oxygen atoms in total. The van der Waals surface area contributed by atoms with E-state index >= 15 is 0 Å². The van der Waals surface area contributed by atoms with Crippen molar-refractivity contribution >= 4 is 11.8 Å². The van der Waals surface area contributed by atoms with Crippen molar-refractivity contribution in [3.8, 4) is 11.9 Å². The number of hydrogen-bond acceptors (Lipinski definition) is 7. The molecule has 0 spiro atoms. The molecule has 4 rings (SSSR count). The first kappa shape index (κ1) is 27.2. The number of nitriles is 1. The fraction of sp³-hybridized carbons (Fsp3) is 0.467. The first-order valence-electron chi connectivity index (χ1n) is 13.2. The summed E-state index contributed by atoms with van der Waals surface area (Å²) in [6.07, 6.45) is 3.53. The fourth-order valence-corrected chi connectivity index (χ4v) is 4.81. The van der Waals surface area contributed by atoms with Gasteiger partial charge in [0.1, 0.15) is 5.82 Å². The third-order valence-electron chi connectivity index (χ3n) is 7.02. The van der Waals surface area contributed by atoms with Gasteiger partial charge in [-0.25, -0.2) is 9.67 Å². The van der Waals surface area contributed by atoms with Crippen LogP contribution in [-0.2, 0) is 41.3 Å². The molecule has 1 aliphatic heterocycles. The van der Waals surface area contributed by atoms with E-state index in [1.165, 1.54) is 12.7 Å². The van der Waals surface area contributed by atoms with Crippen molar-refractivity contribution < 1.29 is 14.3 Å². The van der Waals surface area contributed by atoms with Gasteiger partial charge in [-0.15, -0.1) is 0 Å². The van der Waals surface area contributed by atoms with E-state index in [0.29, 0.717) is 30.9 Å². The van der Waals surface area contributed by atoms with Crippen molar-refractivity contribution in [3.63, 3.8) is 0 Å². The van der Waals surface area contributed by atoms with E-state index in [2.05, 4.69) is 49.4 Å². The van der Waals surface area contributed by atoms with Crippen LogP contribution in [0.5, 0.6) is 5.88 Å². The summed E-state index contributed by atoms with van der Waals surface area (Å²) < 4.78 is 12.8. The Morgan fingerprint density at radius 1 is 1.21 bits per heavy atom. The van der Waals surface area contributed by atoms with Crippen molar-refractivity contribution in [1.29, 1.82) is 5.26 Å². The molecule has 0 fully saturated rings. The molecule has 8 heteroatoms. The van der Waals surface area contributed by atoms with Gasteiger partial charge in [0, 0.05) is 37.7 Å². The molecule has 0 aliphatic carbocycles. The molecule has 1 aliphatic rings. The Morgan fingerprint density at radius 3 is 2.76 bits per heavy atom. The Kier molecular flexibility index (Phi) is 8.35. The molecule has 200 valence electrons. The monoisotopic (exact) mass is 515 g/mol. The number of pyridine rings is 1. The zero-order valence-corrected chi connectivity index (χ0v) is 23.0. The van der Waals surface area contributed by atoms with Crippen LogP contribution in [0, 0.1) is 11.3 Å². The number of esters is 1. The molecule has 0 bridgehead atoms. The maximum atomic E-state index is 12.3. The minimum atomic E-state index is -0.320. The summed E-state index contributed by atoms with van der Waals surface area (Å²) >= 11 is 0. The Hall–Kier alpha value is -3.86. The summed E-state index contributed by atoms with van der Waals surface area (Å²) in [6, 6.07) is 14.3. The van der Waals surface area contributed by atoms with E-state index < -0.39 is 0 Å². The number of methoxy groups -OCH3 is 1. The minimum absolute atomic E-state index is 0.0898. The molecule has 0 radical (unpaired) electrons. The maximum absolute atomic E-state index is 12.3. The zero-order valence-electron chi connectivity index (χ0n) is 23.0. The van der Waals surface area contributed by atoms with E-state index in [1.807, 2.05) is 31.3 Å². The van der Waals surface area contributed by atoms with Gasteiger partial charge < -0.3 is 14.8 Å². The van der Waals surface area contributed by atoms with Crippen molar-refractivity contribution in [2.75, 3.05) is 25.6 Å². The summed E-state index contributed by atoms with van der Waals surface area (Å²) in [5.41, 5.74) is 5.47. The number of rotatable bonds is 9. The van der Waals surface area contributed by atoms with Crippen LogP contribution in [-0.4, -0.2) is 41.0 Å². The minimum Gasteiger partial charge on any atom is -0.477 e. The SMILES string of the molecule is COC(=O)CC(Cc1cc(OCCc2ccc3c(n2)NCCC3)n(C)n1)c1cc(C(C)(C)C)ccc1C#N. The number of nitrogens with zero attached hydrogens (tertiary/aromatic N) is 4. The van der Waals surface area contributed by atoms with Gasteiger partial charge in [-0.2, -0.15) is 10.4 Å². The summed E-state index contributed by atoms with van der Waals surface area (Å²) in [5.74, 6) is 1.06. The lowest BCUT2D eigenvalue weighted by atomic mass is 9.81. The number of hydrogen-bond donors (Lipinski definition) is 1. The van der Waals surface area contributed by atoms with Crippen molar-refractivity contribution in [1.82, 2.24) is 14.8 Å². The number of nitrogens with one attached hydrogen (secondary N) is 1. The highest BCUT2D eigenvalue weighted by Gasteiger charge is 2.25. The Labute approximate surface area is 225 Å². The second-order valence-corrected chi connectivity index (χ2v) is 10.9. The predicted molar refractivity (Wildman–Crippen MR) is 146 cm³/mol.